The lowest BCUT2D eigenvalue weighted by Gasteiger charge is -2.29. The van der Waals surface area contributed by atoms with Crippen molar-refractivity contribution >= 4 is 75.4 Å². The summed E-state index contributed by atoms with van der Waals surface area (Å²) in [5.41, 5.74) is 0.357. The fraction of sp³-hybridized carbons (Fsp3) is 0. The molecule has 0 radical (unpaired) electrons. The molecule has 1 fully saturated rings. The van der Waals surface area contributed by atoms with Crippen molar-refractivity contribution in [1.82, 2.24) is 5.32 Å². The summed E-state index contributed by atoms with van der Waals surface area (Å²) in [6, 6.07) is 8.33. The maximum absolute atomic E-state index is 12.7. The number of carbonyl (C=O) groups is 2. The molecule has 1 aromatic heterocycles. The second-order valence-electron chi connectivity index (χ2n) is 4.57. The van der Waals surface area contributed by atoms with Crippen LogP contribution in [0.5, 0.6) is 0 Å². The van der Waals surface area contributed by atoms with Crippen LogP contribution in [0.25, 0.3) is 6.08 Å². The number of nitrogens with zero attached hydrogens (tertiary/aromatic N) is 1. The lowest BCUT2D eigenvalue weighted by molar-refractivity contribution is -0.122. The Morgan fingerprint density at radius 1 is 1.22 bits per heavy atom. The lowest BCUT2D eigenvalue weighted by atomic mass is 10.1. The number of benzene rings is 1. The molecule has 0 unspecified atom stereocenters. The highest BCUT2D eigenvalue weighted by Gasteiger charge is 2.35. The van der Waals surface area contributed by atoms with Gasteiger partial charge in [-0.25, -0.2) is 0 Å². The van der Waals surface area contributed by atoms with Gasteiger partial charge < -0.3 is 0 Å². The van der Waals surface area contributed by atoms with Crippen LogP contribution in [0, 0.1) is 0 Å². The SMILES string of the molecule is O=C1NC(=S)N(c2ccc(Cl)cc2Cl)C(=O)C1=Cc1cccs1. The fourth-order valence-corrected chi connectivity index (χ4v) is 3.48. The highest BCUT2D eigenvalue weighted by Crippen LogP contribution is 2.31. The summed E-state index contributed by atoms with van der Waals surface area (Å²) in [6.07, 6.45) is 1.53. The van der Waals surface area contributed by atoms with Gasteiger partial charge in [-0.05, 0) is 47.9 Å². The van der Waals surface area contributed by atoms with E-state index in [9.17, 15) is 9.59 Å². The molecule has 1 saturated heterocycles. The molecule has 0 aliphatic carbocycles. The van der Waals surface area contributed by atoms with Crippen molar-refractivity contribution in [3.63, 3.8) is 0 Å². The molecule has 0 saturated carbocycles. The molecule has 1 aliphatic rings. The fourth-order valence-electron chi connectivity index (χ4n) is 2.05. The molecule has 8 heteroatoms. The van der Waals surface area contributed by atoms with Crippen LogP contribution < -0.4 is 10.2 Å². The van der Waals surface area contributed by atoms with E-state index < -0.39 is 11.8 Å². The number of halogens is 2. The van der Waals surface area contributed by atoms with E-state index in [-0.39, 0.29) is 15.7 Å². The first kappa shape index (κ1) is 16.1. The molecule has 0 spiro atoms. The van der Waals surface area contributed by atoms with Crippen molar-refractivity contribution in [2.45, 2.75) is 0 Å². The van der Waals surface area contributed by atoms with Gasteiger partial charge in [-0.3, -0.25) is 19.8 Å². The van der Waals surface area contributed by atoms with E-state index in [0.29, 0.717) is 10.7 Å². The van der Waals surface area contributed by atoms with Gasteiger partial charge in [0.2, 0.25) is 0 Å². The Labute approximate surface area is 151 Å². The number of nitrogens with one attached hydrogen (secondary N) is 1. The molecule has 2 aromatic rings. The van der Waals surface area contributed by atoms with Crippen molar-refractivity contribution in [3.05, 3.63) is 56.2 Å². The van der Waals surface area contributed by atoms with Crippen molar-refractivity contribution < 1.29 is 9.59 Å². The summed E-state index contributed by atoms with van der Waals surface area (Å²) in [6.45, 7) is 0. The molecule has 3 rings (SSSR count). The molecule has 23 heavy (non-hydrogen) atoms. The normalized spacial score (nSPS) is 16.9. The maximum atomic E-state index is 12.7. The molecular formula is C15H8Cl2N2O2S2. The molecule has 2 heterocycles. The van der Waals surface area contributed by atoms with Gasteiger partial charge in [-0.15, -0.1) is 11.3 Å². The van der Waals surface area contributed by atoms with Crippen LogP contribution in [0.2, 0.25) is 10.0 Å². The van der Waals surface area contributed by atoms with Gasteiger partial charge in [-0.2, -0.15) is 0 Å². The largest absolute Gasteiger partial charge is 0.298 e. The topological polar surface area (TPSA) is 49.4 Å². The van der Waals surface area contributed by atoms with Gasteiger partial charge >= 0.3 is 0 Å². The zero-order chi connectivity index (χ0) is 16.6. The van der Waals surface area contributed by atoms with E-state index in [0.717, 1.165) is 4.88 Å². The van der Waals surface area contributed by atoms with E-state index in [4.69, 9.17) is 35.4 Å². The Hall–Kier alpha value is -1.73. The maximum Gasteiger partial charge on any atom is 0.270 e. The van der Waals surface area contributed by atoms with Crippen LogP contribution in [0.3, 0.4) is 0 Å². The van der Waals surface area contributed by atoms with E-state index >= 15 is 0 Å². The van der Waals surface area contributed by atoms with Crippen molar-refractivity contribution in [3.8, 4) is 0 Å². The summed E-state index contributed by atoms with van der Waals surface area (Å²) < 4.78 is 0. The Morgan fingerprint density at radius 2 is 2.00 bits per heavy atom. The van der Waals surface area contributed by atoms with Crippen LogP contribution >= 0.6 is 46.8 Å². The third kappa shape index (κ3) is 3.16. The zero-order valence-corrected chi connectivity index (χ0v) is 14.5. The van der Waals surface area contributed by atoms with E-state index in [1.165, 1.54) is 28.4 Å². The van der Waals surface area contributed by atoms with Crippen LogP contribution in [0.4, 0.5) is 5.69 Å². The first-order valence-electron chi connectivity index (χ1n) is 6.37. The van der Waals surface area contributed by atoms with E-state index in [1.807, 2.05) is 17.5 Å². The minimum Gasteiger partial charge on any atom is -0.298 e. The molecule has 0 bridgehead atoms. The van der Waals surface area contributed by atoms with E-state index in [1.54, 1.807) is 12.1 Å². The average molecular weight is 383 g/mol. The van der Waals surface area contributed by atoms with Crippen LogP contribution in [0.1, 0.15) is 4.88 Å². The van der Waals surface area contributed by atoms with Crippen LogP contribution in [0.15, 0.2) is 41.3 Å². The van der Waals surface area contributed by atoms with Crippen molar-refractivity contribution in [2.75, 3.05) is 4.90 Å². The number of rotatable bonds is 2. The average Bonchev–Trinajstić information content (AvgIpc) is 2.98. The third-order valence-electron chi connectivity index (χ3n) is 3.08. The minimum atomic E-state index is -0.533. The Balaban J connectivity index is 2.05. The van der Waals surface area contributed by atoms with Gasteiger partial charge in [0, 0.05) is 9.90 Å². The first-order valence-corrected chi connectivity index (χ1v) is 8.42. The number of thiophene rings is 1. The summed E-state index contributed by atoms with van der Waals surface area (Å²) in [7, 11) is 0. The summed E-state index contributed by atoms with van der Waals surface area (Å²) in [5.74, 6) is -1.06. The summed E-state index contributed by atoms with van der Waals surface area (Å²) in [5, 5.41) is 5.04. The van der Waals surface area contributed by atoms with Gasteiger partial charge in [0.1, 0.15) is 5.57 Å². The van der Waals surface area contributed by atoms with Crippen molar-refractivity contribution in [1.29, 1.82) is 0 Å². The molecular weight excluding hydrogens is 375 g/mol. The lowest BCUT2D eigenvalue weighted by Crippen LogP contribution is -2.54. The minimum absolute atomic E-state index is 0.00735. The second-order valence-corrected chi connectivity index (χ2v) is 6.78. The number of carbonyl (C=O) groups excluding carboxylic acids is 2. The standard InChI is InChI=1S/C15H8Cl2N2O2S2/c16-8-3-4-12(11(17)6-8)19-14(21)10(13(20)18-15(19)22)7-9-2-1-5-23-9/h1-7H,(H,18,20,22). The molecule has 4 nitrogen and oxygen atoms in total. The Kier molecular flexibility index (Phi) is 4.50. The number of anilines is 1. The van der Waals surface area contributed by atoms with Gasteiger partial charge in [0.25, 0.3) is 11.8 Å². The number of amides is 2. The highest BCUT2D eigenvalue weighted by molar-refractivity contribution is 7.80. The summed E-state index contributed by atoms with van der Waals surface area (Å²) in [4.78, 5) is 26.8. The highest BCUT2D eigenvalue weighted by atomic mass is 35.5. The van der Waals surface area contributed by atoms with Crippen LogP contribution in [-0.2, 0) is 9.59 Å². The smallest absolute Gasteiger partial charge is 0.270 e. The monoisotopic (exact) mass is 382 g/mol. The van der Waals surface area contributed by atoms with Gasteiger partial charge in [0.15, 0.2) is 5.11 Å². The summed E-state index contributed by atoms with van der Waals surface area (Å²) >= 11 is 18.6. The zero-order valence-electron chi connectivity index (χ0n) is 11.4. The Morgan fingerprint density at radius 3 is 2.65 bits per heavy atom. The third-order valence-corrected chi connectivity index (χ3v) is 4.72. The number of hydrogen-bond acceptors (Lipinski definition) is 4. The van der Waals surface area contributed by atoms with Gasteiger partial charge in [-0.1, -0.05) is 29.3 Å². The predicted molar refractivity (Wildman–Crippen MR) is 97.0 cm³/mol. The van der Waals surface area contributed by atoms with Gasteiger partial charge in [0.05, 0.1) is 10.7 Å². The number of thiocarbonyl (C=S) groups is 1. The molecule has 1 aromatic carbocycles. The van der Waals surface area contributed by atoms with Crippen molar-refractivity contribution in [2.24, 2.45) is 0 Å². The molecule has 2 amide bonds. The quantitative estimate of drug-likeness (QED) is 0.486. The molecule has 1 aliphatic heterocycles. The second kappa shape index (κ2) is 6.41. The number of hydrogen-bond donors (Lipinski definition) is 1. The van der Waals surface area contributed by atoms with Crippen LogP contribution in [-0.4, -0.2) is 16.9 Å². The molecule has 116 valence electrons. The first-order chi connectivity index (χ1) is 11.0. The van der Waals surface area contributed by atoms with E-state index in [2.05, 4.69) is 5.32 Å². The predicted octanol–water partition coefficient (Wildman–Crippen LogP) is 3.89. The Bertz CT molecular complexity index is 847. The molecule has 1 N–H and O–H groups in total. The molecule has 0 atom stereocenters.